The monoisotopic (exact) mass is 152 g/mol. The molecule has 2 heteroatoms. The smallest absolute Gasteiger partial charge is 0.208 e. The van der Waals surface area contributed by atoms with Crippen molar-refractivity contribution >= 4 is 5.78 Å². The van der Waals surface area contributed by atoms with E-state index >= 15 is 0 Å². The molecule has 11 heavy (non-hydrogen) atoms. The summed E-state index contributed by atoms with van der Waals surface area (Å²) in [4.78, 5) is 11.2. The Morgan fingerprint density at radius 1 is 1.45 bits per heavy atom. The Bertz CT molecular complexity index is 191. The second-order valence-electron chi connectivity index (χ2n) is 2.63. The zero-order valence-corrected chi connectivity index (χ0v) is 6.72. The SMILES string of the molecule is CC#CC(=O)C1CCOCC1. The molecule has 0 N–H and O–H groups in total. The van der Waals surface area contributed by atoms with Gasteiger partial charge in [0.05, 0.1) is 0 Å². The van der Waals surface area contributed by atoms with E-state index in [9.17, 15) is 4.79 Å². The third-order valence-electron chi connectivity index (χ3n) is 1.84. The molecule has 0 spiro atoms. The first-order valence-electron chi connectivity index (χ1n) is 3.89. The van der Waals surface area contributed by atoms with Crippen LogP contribution in [0.25, 0.3) is 0 Å². The average Bonchev–Trinajstić information content (AvgIpc) is 2.07. The van der Waals surface area contributed by atoms with E-state index in [4.69, 9.17) is 4.74 Å². The molecule has 1 aliphatic heterocycles. The normalized spacial score (nSPS) is 18.6. The molecule has 0 aromatic heterocycles. The largest absolute Gasteiger partial charge is 0.381 e. The van der Waals surface area contributed by atoms with Crippen molar-refractivity contribution in [2.24, 2.45) is 5.92 Å². The average molecular weight is 152 g/mol. The van der Waals surface area contributed by atoms with Gasteiger partial charge in [-0.15, -0.1) is 0 Å². The minimum absolute atomic E-state index is 0.0794. The highest BCUT2D eigenvalue weighted by Gasteiger charge is 2.19. The lowest BCUT2D eigenvalue weighted by atomic mass is 9.96. The summed E-state index contributed by atoms with van der Waals surface area (Å²) in [7, 11) is 0. The second kappa shape index (κ2) is 4.15. The van der Waals surface area contributed by atoms with Crippen molar-refractivity contribution in [2.45, 2.75) is 19.8 Å². The van der Waals surface area contributed by atoms with E-state index in [2.05, 4.69) is 11.8 Å². The summed E-state index contributed by atoms with van der Waals surface area (Å²) in [6.45, 7) is 3.11. The van der Waals surface area contributed by atoms with Gasteiger partial charge in [-0.1, -0.05) is 5.92 Å². The lowest BCUT2D eigenvalue weighted by Gasteiger charge is -2.18. The van der Waals surface area contributed by atoms with Crippen LogP contribution in [0.15, 0.2) is 0 Å². The van der Waals surface area contributed by atoms with Crippen molar-refractivity contribution in [2.75, 3.05) is 13.2 Å². The molecule has 0 radical (unpaired) electrons. The van der Waals surface area contributed by atoms with Crippen LogP contribution in [0.2, 0.25) is 0 Å². The fraction of sp³-hybridized carbons (Fsp3) is 0.667. The fourth-order valence-electron chi connectivity index (χ4n) is 1.19. The second-order valence-corrected chi connectivity index (χ2v) is 2.63. The quantitative estimate of drug-likeness (QED) is 0.414. The first-order valence-corrected chi connectivity index (χ1v) is 3.89. The zero-order chi connectivity index (χ0) is 8.10. The van der Waals surface area contributed by atoms with Gasteiger partial charge in [0.25, 0.3) is 0 Å². The number of ether oxygens (including phenoxy) is 1. The van der Waals surface area contributed by atoms with Crippen LogP contribution < -0.4 is 0 Å². The molecule has 0 amide bonds. The van der Waals surface area contributed by atoms with Gasteiger partial charge in [-0.25, -0.2) is 0 Å². The van der Waals surface area contributed by atoms with Crippen molar-refractivity contribution < 1.29 is 9.53 Å². The minimum atomic E-state index is 0.0794. The molecule has 1 heterocycles. The third kappa shape index (κ3) is 2.36. The molecule has 1 fully saturated rings. The van der Waals surface area contributed by atoms with Gasteiger partial charge in [-0.2, -0.15) is 0 Å². The summed E-state index contributed by atoms with van der Waals surface area (Å²) in [6.07, 6.45) is 1.68. The van der Waals surface area contributed by atoms with Crippen LogP contribution in [0, 0.1) is 17.8 Å². The summed E-state index contributed by atoms with van der Waals surface area (Å²) < 4.78 is 5.13. The molecular weight excluding hydrogens is 140 g/mol. The van der Waals surface area contributed by atoms with Gasteiger partial charge in [0.15, 0.2) is 0 Å². The van der Waals surface area contributed by atoms with Gasteiger partial charge in [0.2, 0.25) is 5.78 Å². The number of Topliss-reactive ketones (excluding diaryl/α,β-unsaturated/α-hetero) is 1. The molecule has 1 aliphatic rings. The molecule has 0 bridgehead atoms. The van der Waals surface area contributed by atoms with Gasteiger partial charge < -0.3 is 4.74 Å². The molecule has 0 aromatic rings. The summed E-state index contributed by atoms with van der Waals surface area (Å²) >= 11 is 0. The Hall–Kier alpha value is -0.810. The molecule has 0 aromatic carbocycles. The molecule has 1 rings (SSSR count). The predicted molar refractivity (Wildman–Crippen MR) is 42.0 cm³/mol. The Labute approximate surface area is 66.9 Å². The third-order valence-corrected chi connectivity index (χ3v) is 1.84. The van der Waals surface area contributed by atoms with Crippen LogP contribution in [0.4, 0.5) is 0 Å². The maximum atomic E-state index is 11.2. The van der Waals surface area contributed by atoms with Crippen LogP contribution in [0.5, 0.6) is 0 Å². The highest BCUT2D eigenvalue weighted by atomic mass is 16.5. The number of carbonyl (C=O) groups excluding carboxylic acids is 1. The Kier molecular flexibility index (Phi) is 3.13. The van der Waals surface area contributed by atoms with Crippen LogP contribution in [-0.2, 0) is 9.53 Å². The number of hydrogen-bond donors (Lipinski definition) is 0. The van der Waals surface area contributed by atoms with E-state index < -0.39 is 0 Å². The van der Waals surface area contributed by atoms with E-state index in [0.717, 1.165) is 12.8 Å². The Morgan fingerprint density at radius 2 is 2.09 bits per heavy atom. The summed E-state index contributed by atoms with van der Waals surface area (Å²) in [6, 6.07) is 0. The molecule has 0 aliphatic carbocycles. The van der Waals surface area contributed by atoms with Gasteiger partial charge >= 0.3 is 0 Å². The summed E-state index contributed by atoms with van der Waals surface area (Å²) in [5.74, 6) is 5.41. The summed E-state index contributed by atoms with van der Waals surface area (Å²) in [5, 5.41) is 0. The lowest BCUT2D eigenvalue weighted by molar-refractivity contribution is -0.120. The predicted octanol–water partition coefficient (Wildman–Crippen LogP) is 1.01. The molecule has 60 valence electrons. The van der Waals surface area contributed by atoms with Crippen LogP contribution in [0.1, 0.15) is 19.8 Å². The van der Waals surface area contributed by atoms with Crippen LogP contribution >= 0.6 is 0 Å². The highest BCUT2D eigenvalue weighted by molar-refractivity contribution is 5.97. The maximum absolute atomic E-state index is 11.2. The first-order chi connectivity index (χ1) is 5.34. The van der Waals surface area contributed by atoms with E-state index in [1.807, 2.05) is 0 Å². The van der Waals surface area contributed by atoms with E-state index in [1.165, 1.54) is 0 Å². The highest BCUT2D eigenvalue weighted by Crippen LogP contribution is 2.14. The van der Waals surface area contributed by atoms with Crippen molar-refractivity contribution in [1.82, 2.24) is 0 Å². The Balaban J connectivity index is 2.43. The number of rotatable bonds is 1. The molecule has 2 nitrogen and oxygen atoms in total. The molecule has 1 saturated heterocycles. The van der Waals surface area contributed by atoms with Crippen LogP contribution in [-0.4, -0.2) is 19.0 Å². The minimum Gasteiger partial charge on any atom is -0.381 e. The topological polar surface area (TPSA) is 26.3 Å². The molecule has 0 unspecified atom stereocenters. The van der Waals surface area contributed by atoms with Crippen molar-refractivity contribution in [1.29, 1.82) is 0 Å². The van der Waals surface area contributed by atoms with E-state index in [-0.39, 0.29) is 11.7 Å². The van der Waals surface area contributed by atoms with Gasteiger partial charge in [0, 0.05) is 19.1 Å². The zero-order valence-electron chi connectivity index (χ0n) is 6.72. The lowest BCUT2D eigenvalue weighted by Crippen LogP contribution is -2.22. The van der Waals surface area contributed by atoms with E-state index in [1.54, 1.807) is 6.92 Å². The van der Waals surface area contributed by atoms with Gasteiger partial charge in [-0.05, 0) is 25.7 Å². The van der Waals surface area contributed by atoms with Gasteiger partial charge in [-0.3, -0.25) is 4.79 Å². The summed E-state index contributed by atoms with van der Waals surface area (Å²) in [5.41, 5.74) is 0. The van der Waals surface area contributed by atoms with Gasteiger partial charge in [0.1, 0.15) is 0 Å². The first kappa shape index (κ1) is 8.29. The number of hydrogen-bond acceptors (Lipinski definition) is 2. The van der Waals surface area contributed by atoms with Crippen molar-refractivity contribution in [3.63, 3.8) is 0 Å². The van der Waals surface area contributed by atoms with Crippen molar-refractivity contribution in [3.8, 4) is 11.8 Å². The fourth-order valence-corrected chi connectivity index (χ4v) is 1.19. The molecule has 0 saturated carbocycles. The number of ketones is 1. The van der Waals surface area contributed by atoms with Crippen LogP contribution in [0.3, 0.4) is 0 Å². The standard InChI is InChI=1S/C9H12O2/c1-2-3-9(10)8-4-6-11-7-5-8/h8H,4-7H2,1H3. The number of carbonyl (C=O) groups is 1. The van der Waals surface area contributed by atoms with Crippen molar-refractivity contribution in [3.05, 3.63) is 0 Å². The Morgan fingerprint density at radius 3 is 2.64 bits per heavy atom. The van der Waals surface area contributed by atoms with E-state index in [0.29, 0.717) is 13.2 Å². The maximum Gasteiger partial charge on any atom is 0.208 e. The molecular formula is C9H12O2. The molecule has 0 atom stereocenters.